The van der Waals surface area contributed by atoms with Gasteiger partial charge < -0.3 is 5.32 Å². The highest BCUT2D eigenvalue weighted by Gasteiger charge is 1.99. The van der Waals surface area contributed by atoms with Crippen LogP contribution in [0.15, 0.2) is 23.2 Å². The van der Waals surface area contributed by atoms with Crippen molar-refractivity contribution in [2.75, 3.05) is 11.9 Å². The van der Waals surface area contributed by atoms with Crippen LogP contribution in [0.3, 0.4) is 0 Å². The first-order valence-electron chi connectivity index (χ1n) is 5.84. The maximum absolute atomic E-state index is 5.46. The van der Waals surface area contributed by atoms with Gasteiger partial charge in [-0.15, -0.1) is 0 Å². The Morgan fingerprint density at radius 2 is 2.31 bits per heavy atom. The van der Waals surface area contributed by atoms with Crippen LogP contribution < -0.4 is 10.5 Å². The van der Waals surface area contributed by atoms with Crippen molar-refractivity contribution in [2.24, 2.45) is 11.1 Å². The average molecular weight is 239 g/mol. The molecule has 0 saturated carbocycles. The molecule has 0 aromatic carbocycles. The van der Waals surface area contributed by atoms with Gasteiger partial charge in [0.1, 0.15) is 10.8 Å². The van der Waals surface area contributed by atoms with Gasteiger partial charge in [-0.2, -0.15) is 0 Å². The molecular formula is C12H21N3S. The summed E-state index contributed by atoms with van der Waals surface area (Å²) in [6.07, 6.45) is 3.73. The highest BCUT2D eigenvalue weighted by atomic mass is 32.2. The number of nitrogens with two attached hydrogens (primary N) is 1. The Morgan fingerprint density at radius 1 is 1.50 bits per heavy atom. The summed E-state index contributed by atoms with van der Waals surface area (Å²) in [5, 5.41) is 9.63. The third kappa shape index (κ3) is 4.86. The van der Waals surface area contributed by atoms with Crippen molar-refractivity contribution in [3.05, 3.63) is 18.2 Å². The van der Waals surface area contributed by atoms with Crippen molar-refractivity contribution in [1.82, 2.24) is 4.98 Å². The summed E-state index contributed by atoms with van der Waals surface area (Å²) in [5.74, 6) is 1.74. The molecule has 1 heterocycles. The van der Waals surface area contributed by atoms with Crippen molar-refractivity contribution in [1.29, 1.82) is 0 Å². The van der Waals surface area contributed by atoms with Gasteiger partial charge in [0.25, 0.3) is 0 Å². The third-order valence-corrected chi connectivity index (χ3v) is 3.19. The summed E-state index contributed by atoms with van der Waals surface area (Å²) in [5.41, 5.74) is 0. The first-order valence-corrected chi connectivity index (χ1v) is 6.72. The highest BCUT2D eigenvalue weighted by Crippen LogP contribution is 2.13. The molecular weight excluding hydrogens is 218 g/mol. The van der Waals surface area contributed by atoms with Crippen molar-refractivity contribution < 1.29 is 0 Å². The third-order valence-electron chi connectivity index (χ3n) is 2.72. The molecule has 0 bridgehead atoms. The topological polar surface area (TPSA) is 50.9 Å². The van der Waals surface area contributed by atoms with Gasteiger partial charge in [-0.05, 0) is 42.8 Å². The number of hydrogen-bond donors (Lipinski definition) is 2. The average Bonchev–Trinajstić information content (AvgIpc) is 2.34. The fourth-order valence-electron chi connectivity index (χ4n) is 1.45. The number of aromatic nitrogens is 1. The van der Waals surface area contributed by atoms with Crippen molar-refractivity contribution in [2.45, 2.75) is 38.1 Å². The molecule has 4 heteroatoms. The molecule has 90 valence electrons. The second kappa shape index (κ2) is 7.52. The van der Waals surface area contributed by atoms with E-state index < -0.39 is 0 Å². The zero-order chi connectivity index (χ0) is 11.8. The molecule has 0 aliphatic carbocycles. The van der Waals surface area contributed by atoms with E-state index in [0.29, 0.717) is 0 Å². The van der Waals surface area contributed by atoms with Crippen LogP contribution >= 0.6 is 11.9 Å². The van der Waals surface area contributed by atoms with Gasteiger partial charge in [0.2, 0.25) is 0 Å². The first kappa shape index (κ1) is 13.3. The molecule has 0 aliphatic rings. The van der Waals surface area contributed by atoms with Crippen molar-refractivity contribution in [3.63, 3.8) is 0 Å². The van der Waals surface area contributed by atoms with Crippen LogP contribution in [0.5, 0.6) is 0 Å². The molecule has 3 nitrogen and oxygen atoms in total. The minimum atomic E-state index is 0.820. The summed E-state index contributed by atoms with van der Waals surface area (Å²) in [6, 6.07) is 5.86. The molecule has 1 aromatic heterocycles. The molecule has 1 aromatic rings. The van der Waals surface area contributed by atoms with Gasteiger partial charge in [-0.1, -0.05) is 26.3 Å². The number of hydrogen-bond acceptors (Lipinski definition) is 4. The van der Waals surface area contributed by atoms with Gasteiger partial charge in [0.05, 0.1) is 0 Å². The lowest BCUT2D eigenvalue weighted by molar-refractivity contribution is 0.503. The number of nitrogens with zero attached hydrogens (tertiary/aromatic N) is 1. The monoisotopic (exact) mass is 239 g/mol. The molecule has 0 spiro atoms. The maximum Gasteiger partial charge on any atom is 0.127 e. The van der Waals surface area contributed by atoms with E-state index in [4.69, 9.17) is 5.14 Å². The van der Waals surface area contributed by atoms with Crippen LogP contribution in [-0.4, -0.2) is 11.5 Å². The van der Waals surface area contributed by atoms with Crippen LogP contribution in [0, 0.1) is 5.92 Å². The second-order valence-corrected chi connectivity index (χ2v) is 4.72. The molecule has 1 unspecified atom stereocenters. The van der Waals surface area contributed by atoms with Gasteiger partial charge >= 0.3 is 0 Å². The molecule has 0 radical (unpaired) electrons. The van der Waals surface area contributed by atoms with E-state index >= 15 is 0 Å². The van der Waals surface area contributed by atoms with Crippen LogP contribution in [0.4, 0.5) is 5.82 Å². The van der Waals surface area contributed by atoms with E-state index in [-0.39, 0.29) is 0 Å². The molecule has 0 fully saturated rings. The molecule has 16 heavy (non-hydrogen) atoms. The molecule has 0 aliphatic heterocycles. The van der Waals surface area contributed by atoms with Gasteiger partial charge in [0, 0.05) is 6.54 Å². The fourth-order valence-corrected chi connectivity index (χ4v) is 1.76. The number of nitrogens with one attached hydrogen (secondary N) is 1. The largest absolute Gasteiger partial charge is 0.370 e. The van der Waals surface area contributed by atoms with Gasteiger partial charge in [-0.3, -0.25) is 5.14 Å². The zero-order valence-electron chi connectivity index (χ0n) is 10.1. The Morgan fingerprint density at radius 3 is 3.00 bits per heavy atom. The summed E-state index contributed by atoms with van der Waals surface area (Å²) in [7, 11) is 0. The van der Waals surface area contributed by atoms with E-state index in [9.17, 15) is 0 Å². The number of pyridine rings is 1. The smallest absolute Gasteiger partial charge is 0.127 e. The van der Waals surface area contributed by atoms with Crippen molar-refractivity contribution in [3.8, 4) is 0 Å². The van der Waals surface area contributed by atoms with Gasteiger partial charge in [0.15, 0.2) is 0 Å². The van der Waals surface area contributed by atoms with E-state index in [1.807, 2.05) is 18.2 Å². The van der Waals surface area contributed by atoms with Crippen LogP contribution in [0.25, 0.3) is 0 Å². The summed E-state index contributed by atoms with van der Waals surface area (Å²) in [4.78, 5) is 4.35. The molecule has 0 saturated heterocycles. The minimum Gasteiger partial charge on any atom is -0.370 e. The molecule has 1 atom stereocenters. The number of rotatable bonds is 7. The Bertz CT molecular complexity index is 304. The van der Waals surface area contributed by atoms with Crippen LogP contribution in [-0.2, 0) is 0 Å². The summed E-state index contributed by atoms with van der Waals surface area (Å²) in [6.45, 7) is 5.52. The van der Waals surface area contributed by atoms with Crippen LogP contribution in [0.1, 0.15) is 33.1 Å². The lowest BCUT2D eigenvalue weighted by Crippen LogP contribution is -2.05. The summed E-state index contributed by atoms with van der Waals surface area (Å²) >= 11 is 1.18. The standard InChI is InChI=1S/C12H21N3S/c1-3-10(2)6-5-9-14-11-7-4-8-12(15-11)16-13/h4,7-8,10H,3,5-6,9,13H2,1-2H3,(H,14,15). The summed E-state index contributed by atoms with van der Waals surface area (Å²) < 4.78 is 0. The lowest BCUT2D eigenvalue weighted by Gasteiger charge is -2.09. The Labute approximate surface area is 102 Å². The van der Waals surface area contributed by atoms with E-state index in [1.54, 1.807) is 0 Å². The Balaban J connectivity index is 2.26. The quantitative estimate of drug-likeness (QED) is 0.566. The Kier molecular flexibility index (Phi) is 6.26. The molecule has 0 amide bonds. The maximum atomic E-state index is 5.46. The van der Waals surface area contributed by atoms with E-state index in [1.165, 1.54) is 31.2 Å². The lowest BCUT2D eigenvalue weighted by atomic mass is 10.0. The van der Waals surface area contributed by atoms with Crippen molar-refractivity contribution >= 4 is 17.8 Å². The van der Waals surface area contributed by atoms with E-state index in [0.717, 1.165) is 23.3 Å². The normalized spacial score (nSPS) is 12.4. The molecule has 1 rings (SSSR count). The first-order chi connectivity index (χ1) is 7.76. The van der Waals surface area contributed by atoms with E-state index in [2.05, 4.69) is 24.1 Å². The zero-order valence-corrected chi connectivity index (χ0v) is 10.9. The predicted molar refractivity (Wildman–Crippen MR) is 71.5 cm³/mol. The Hall–Kier alpha value is -0.740. The second-order valence-electron chi connectivity index (χ2n) is 4.06. The highest BCUT2D eigenvalue weighted by molar-refractivity contribution is 7.97. The predicted octanol–water partition coefficient (Wildman–Crippen LogP) is 3.29. The van der Waals surface area contributed by atoms with Crippen LogP contribution in [0.2, 0.25) is 0 Å². The SMILES string of the molecule is CCC(C)CCCNc1cccc(SN)n1. The number of anilines is 1. The van der Waals surface area contributed by atoms with Gasteiger partial charge in [-0.25, -0.2) is 4.98 Å². The minimum absolute atomic E-state index is 0.820. The molecule has 3 N–H and O–H groups in total. The fraction of sp³-hybridized carbons (Fsp3) is 0.583.